The summed E-state index contributed by atoms with van der Waals surface area (Å²) in [6, 6.07) is -1.03. The van der Waals surface area contributed by atoms with E-state index >= 15 is 0 Å². The van der Waals surface area contributed by atoms with E-state index in [4.69, 9.17) is 42.6 Å². The molecule has 0 spiro atoms. The molecule has 21 heteroatoms. The second-order valence-corrected chi connectivity index (χ2v) is 13.0. The molecule has 1 unspecified atom stereocenters. The summed E-state index contributed by atoms with van der Waals surface area (Å²) in [5, 5.41) is 14.5. The van der Waals surface area contributed by atoms with Gasteiger partial charge in [-0.15, -0.1) is 0 Å². The minimum Gasteiger partial charge on any atom is -0.382 e. The molecule has 0 aromatic heterocycles. The Morgan fingerprint density at radius 3 is 1.12 bits per heavy atom. The van der Waals surface area contributed by atoms with Crippen molar-refractivity contribution in [3.8, 4) is 0 Å². The van der Waals surface area contributed by atoms with Crippen molar-refractivity contribution in [2.45, 2.75) is 33.2 Å². The van der Waals surface area contributed by atoms with Crippen LogP contribution in [0.2, 0.25) is 0 Å². The molecule has 56 heavy (non-hydrogen) atoms. The average Bonchev–Trinajstić information content (AvgIpc) is 3.15. The largest absolute Gasteiger partial charge is 0.382 e. The standard InChI is InChI=1S/C35H66N6O15/c1-35(2,3)22-29(42)37-23-30(43)38-24-31(44)39-25-32(45)40-26-33(46)41-28(27-49-5)34(47)36-6-7-50-10-11-52-14-15-54-18-19-56-21-20-55-17-16-53-13-12-51-9-8-48-4/h28H,6-27H2,1-5H3,(H,36,47)(H,37,42)(H,38,43)(H,39,44)(H,40,45)(H,41,46). The van der Waals surface area contributed by atoms with E-state index in [2.05, 4.69) is 31.9 Å². The lowest BCUT2D eigenvalue weighted by molar-refractivity contribution is -0.131. The topological polar surface area (TPSA) is 258 Å². The van der Waals surface area contributed by atoms with Crippen molar-refractivity contribution in [2.24, 2.45) is 5.41 Å². The third-order valence-electron chi connectivity index (χ3n) is 6.67. The number of rotatable bonds is 37. The molecule has 0 aliphatic heterocycles. The van der Waals surface area contributed by atoms with Gasteiger partial charge in [0.25, 0.3) is 0 Å². The van der Waals surface area contributed by atoms with Crippen LogP contribution in [0.25, 0.3) is 0 Å². The lowest BCUT2D eigenvalue weighted by atomic mass is 9.92. The molecule has 0 radical (unpaired) electrons. The van der Waals surface area contributed by atoms with Gasteiger partial charge in [-0.2, -0.15) is 0 Å². The lowest BCUT2D eigenvalue weighted by Gasteiger charge is -2.18. The number of amides is 6. The Hall–Kier alpha value is -3.54. The monoisotopic (exact) mass is 810 g/mol. The number of methoxy groups -OCH3 is 2. The molecular formula is C35H66N6O15. The predicted octanol–water partition coefficient (Wildman–Crippen LogP) is -3.10. The molecule has 0 aromatic carbocycles. The Kier molecular flexibility index (Phi) is 33.6. The number of hydrogen-bond donors (Lipinski definition) is 6. The minimum absolute atomic E-state index is 0.117. The molecule has 0 heterocycles. The van der Waals surface area contributed by atoms with Gasteiger partial charge in [0.15, 0.2) is 0 Å². The molecule has 1 atom stereocenters. The third kappa shape index (κ3) is 36.1. The molecule has 21 nitrogen and oxygen atoms in total. The van der Waals surface area contributed by atoms with Gasteiger partial charge in [0.2, 0.25) is 35.4 Å². The SMILES string of the molecule is COCCOCCOCCOCCOCCOCCOCCOCCNC(=O)C(COC)NC(=O)CNC(=O)CNC(=O)CNC(=O)CNC(=O)CC(C)(C)C. The van der Waals surface area contributed by atoms with Crippen molar-refractivity contribution >= 4 is 35.4 Å². The van der Waals surface area contributed by atoms with Crippen LogP contribution in [0.4, 0.5) is 0 Å². The number of carbonyl (C=O) groups excluding carboxylic acids is 6. The van der Waals surface area contributed by atoms with Gasteiger partial charge in [-0.3, -0.25) is 28.8 Å². The fourth-order valence-electron chi connectivity index (χ4n) is 3.98. The third-order valence-corrected chi connectivity index (χ3v) is 6.67. The zero-order valence-corrected chi connectivity index (χ0v) is 33.8. The predicted molar refractivity (Wildman–Crippen MR) is 201 cm³/mol. The van der Waals surface area contributed by atoms with Gasteiger partial charge >= 0.3 is 0 Å². The summed E-state index contributed by atoms with van der Waals surface area (Å²) >= 11 is 0. The first kappa shape index (κ1) is 52.5. The van der Waals surface area contributed by atoms with Crippen molar-refractivity contribution in [2.75, 3.05) is 153 Å². The molecule has 6 N–H and O–H groups in total. The summed E-state index contributed by atoms with van der Waals surface area (Å²) in [4.78, 5) is 72.5. The Morgan fingerprint density at radius 1 is 0.429 bits per heavy atom. The highest BCUT2D eigenvalue weighted by molar-refractivity contribution is 5.92. The molecule has 326 valence electrons. The normalized spacial score (nSPS) is 11.7. The van der Waals surface area contributed by atoms with Gasteiger partial charge in [-0.1, -0.05) is 20.8 Å². The molecule has 0 saturated heterocycles. The maximum Gasteiger partial charge on any atom is 0.245 e. The van der Waals surface area contributed by atoms with E-state index in [1.807, 2.05) is 20.8 Å². The van der Waals surface area contributed by atoms with Crippen molar-refractivity contribution in [1.82, 2.24) is 31.9 Å². The highest BCUT2D eigenvalue weighted by atomic mass is 16.6. The second kappa shape index (κ2) is 35.8. The van der Waals surface area contributed by atoms with Gasteiger partial charge < -0.3 is 74.5 Å². The Bertz CT molecular complexity index is 1080. The van der Waals surface area contributed by atoms with Gasteiger partial charge in [0, 0.05) is 27.2 Å². The van der Waals surface area contributed by atoms with Crippen LogP contribution in [0.1, 0.15) is 27.2 Å². The molecule has 0 aromatic rings. The van der Waals surface area contributed by atoms with Crippen molar-refractivity contribution in [3.05, 3.63) is 0 Å². The zero-order valence-electron chi connectivity index (χ0n) is 33.8. The summed E-state index contributed by atoms with van der Waals surface area (Å²) in [7, 11) is 2.99. The van der Waals surface area contributed by atoms with Gasteiger partial charge in [0.05, 0.1) is 132 Å². The summed E-state index contributed by atoms with van der Waals surface area (Å²) in [6.07, 6.45) is 0.239. The number of nitrogens with one attached hydrogen (secondary N) is 6. The number of hydrogen-bond acceptors (Lipinski definition) is 15. The highest BCUT2D eigenvalue weighted by Gasteiger charge is 2.21. The molecule has 0 aliphatic rings. The number of carbonyl (C=O) groups is 6. The Morgan fingerprint density at radius 2 is 0.768 bits per heavy atom. The summed E-state index contributed by atoms with van der Waals surface area (Å²) in [5.41, 5.74) is -0.234. The minimum atomic E-state index is -1.03. The molecule has 0 bridgehead atoms. The van der Waals surface area contributed by atoms with E-state index in [0.29, 0.717) is 92.5 Å². The molecule has 0 rings (SSSR count). The zero-order chi connectivity index (χ0) is 41.7. The summed E-state index contributed by atoms with van der Waals surface area (Å²) < 4.78 is 47.8. The van der Waals surface area contributed by atoms with Crippen LogP contribution < -0.4 is 31.9 Å². The summed E-state index contributed by atoms with van der Waals surface area (Å²) in [5.74, 6) is -3.35. The quantitative estimate of drug-likeness (QED) is 0.0340. The first-order valence-corrected chi connectivity index (χ1v) is 18.5. The fourth-order valence-corrected chi connectivity index (χ4v) is 3.98. The molecule has 0 saturated carbocycles. The van der Waals surface area contributed by atoms with Crippen LogP contribution in [0.15, 0.2) is 0 Å². The van der Waals surface area contributed by atoms with Gasteiger partial charge in [-0.25, -0.2) is 0 Å². The van der Waals surface area contributed by atoms with Crippen molar-refractivity contribution < 1.29 is 71.4 Å². The van der Waals surface area contributed by atoms with E-state index in [0.717, 1.165) is 0 Å². The van der Waals surface area contributed by atoms with E-state index in [1.54, 1.807) is 7.11 Å². The van der Waals surface area contributed by atoms with Crippen LogP contribution >= 0.6 is 0 Å². The van der Waals surface area contributed by atoms with E-state index < -0.39 is 55.2 Å². The molecule has 0 fully saturated rings. The Labute approximate surface area is 329 Å². The van der Waals surface area contributed by atoms with Gasteiger partial charge in [0.1, 0.15) is 6.04 Å². The van der Waals surface area contributed by atoms with Crippen LogP contribution in [0.3, 0.4) is 0 Å². The first-order valence-electron chi connectivity index (χ1n) is 18.5. The van der Waals surface area contributed by atoms with Crippen LogP contribution in [0.5, 0.6) is 0 Å². The average molecular weight is 811 g/mol. The van der Waals surface area contributed by atoms with Crippen LogP contribution in [0, 0.1) is 5.41 Å². The smallest absolute Gasteiger partial charge is 0.245 e. The molecule has 6 amide bonds. The highest BCUT2D eigenvalue weighted by Crippen LogP contribution is 2.17. The number of ether oxygens (including phenoxy) is 9. The van der Waals surface area contributed by atoms with E-state index in [1.165, 1.54) is 7.11 Å². The summed E-state index contributed by atoms with van der Waals surface area (Å²) in [6.45, 7) is 10.6. The maximum absolute atomic E-state index is 12.5. The Balaban J connectivity index is 3.81. The van der Waals surface area contributed by atoms with Crippen LogP contribution in [-0.4, -0.2) is 194 Å². The van der Waals surface area contributed by atoms with E-state index in [-0.39, 0.29) is 44.0 Å². The fraction of sp³-hybridized carbons (Fsp3) is 0.829. The molecule has 0 aliphatic carbocycles. The first-order chi connectivity index (χ1) is 26.9. The van der Waals surface area contributed by atoms with Crippen molar-refractivity contribution in [1.29, 1.82) is 0 Å². The second-order valence-electron chi connectivity index (χ2n) is 13.0. The maximum atomic E-state index is 12.5. The van der Waals surface area contributed by atoms with Gasteiger partial charge in [-0.05, 0) is 5.41 Å². The molecular weight excluding hydrogens is 744 g/mol. The van der Waals surface area contributed by atoms with E-state index in [9.17, 15) is 28.8 Å². The van der Waals surface area contributed by atoms with Crippen LogP contribution in [-0.2, 0) is 71.4 Å². The van der Waals surface area contributed by atoms with Crippen molar-refractivity contribution in [3.63, 3.8) is 0 Å². The lowest BCUT2D eigenvalue weighted by Crippen LogP contribution is -2.52.